The zero-order chi connectivity index (χ0) is 12.3. The van der Waals surface area contributed by atoms with Gasteiger partial charge < -0.3 is 9.88 Å². The minimum Gasteiger partial charge on any atom is -0.331 e. The van der Waals surface area contributed by atoms with Crippen LogP contribution in [0, 0.1) is 0 Å². The third-order valence-electron chi connectivity index (χ3n) is 3.14. The highest BCUT2D eigenvalue weighted by Crippen LogP contribution is 2.17. The van der Waals surface area contributed by atoms with Crippen molar-refractivity contribution in [3.05, 3.63) is 17.2 Å². The van der Waals surface area contributed by atoms with Crippen LogP contribution in [-0.2, 0) is 36.7 Å². The van der Waals surface area contributed by atoms with E-state index >= 15 is 0 Å². The van der Waals surface area contributed by atoms with Gasteiger partial charge in [-0.3, -0.25) is 4.21 Å². The van der Waals surface area contributed by atoms with Crippen molar-refractivity contribution >= 4 is 10.8 Å². The molecule has 2 heterocycles. The van der Waals surface area contributed by atoms with Gasteiger partial charge in [-0.15, -0.1) is 0 Å². The summed E-state index contributed by atoms with van der Waals surface area (Å²) in [5.74, 6) is 1.90. The minimum absolute atomic E-state index is 0.727. The van der Waals surface area contributed by atoms with Crippen LogP contribution >= 0.6 is 0 Å². The Morgan fingerprint density at radius 3 is 3.06 bits per heavy atom. The Morgan fingerprint density at radius 1 is 1.53 bits per heavy atom. The van der Waals surface area contributed by atoms with Gasteiger partial charge in [-0.1, -0.05) is 6.92 Å². The summed E-state index contributed by atoms with van der Waals surface area (Å²) in [6.45, 7) is 4.93. The lowest BCUT2D eigenvalue weighted by atomic mass is 10.2. The van der Waals surface area contributed by atoms with Crippen LogP contribution in [0.2, 0.25) is 0 Å². The molecule has 0 saturated heterocycles. The van der Waals surface area contributed by atoms with E-state index in [0.29, 0.717) is 0 Å². The molecule has 4 nitrogen and oxygen atoms in total. The van der Waals surface area contributed by atoms with Crippen molar-refractivity contribution < 1.29 is 4.21 Å². The van der Waals surface area contributed by atoms with Crippen LogP contribution in [0.1, 0.15) is 30.6 Å². The number of imidazole rings is 1. The normalized spacial score (nSPS) is 16.8. The predicted octanol–water partition coefficient (Wildman–Crippen LogP) is 0.860. The van der Waals surface area contributed by atoms with Crippen molar-refractivity contribution in [3.63, 3.8) is 0 Å². The van der Waals surface area contributed by atoms with E-state index < -0.39 is 10.8 Å². The van der Waals surface area contributed by atoms with Gasteiger partial charge in [0, 0.05) is 61.0 Å². The lowest BCUT2D eigenvalue weighted by Crippen LogP contribution is -2.25. The Morgan fingerprint density at radius 2 is 2.35 bits per heavy atom. The van der Waals surface area contributed by atoms with Gasteiger partial charge in [0.1, 0.15) is 5.82 Å². The molecule has 1 aromatic rings. The maximum Gasteiger partial charge on any atom is 0.109 e. The summed E-state index contributed by atoms with van der Waals surface area (Å²) < 4.78 is 13.5. The molecule has 0 saturated carbocycles. The highest BCUT2D eigenvalue weighted by Gasteiger charge is 2.18. The zero-order valence-corrected chi connectivity index (χ0v) is 11.5. The molecule has 1 aliphatic rings. The maximum atomic E-state index is 11.2. The first kappa shape index (κ1) is 12.8. The summed E-state index contributed by atoms with van der Waals surface area (Å²) >= 11 is 0. The fourth-order valence-corrected chi connectivity index (χ4v) is 2.76. The Labute approximate surface area is 105 Å². The first-order valence-electron chi connectivity index (χ1n) is 6.30. The second kappa shape index (κ2) is 5.78. The molecule has 0 fully saturated rings. The number of nitrogens with one attached hydrogen (secondary N) is 1. The fourth-order valence-electron chi connectivity index (χ4n) is 2.32. The van der Waals surface area contributed by atoms with Crippen LogP contribution in [0.5, 0.6) is 0 Å². The van der Waals surface area contributed by atoms with Gasteiger partial charge in [0.15, 0.2) is 0 Å². The van der Waals surface area contributed by atoms with Gasteiger partial charge >= 0.3 is 0 Å². The standard InChI is InChI=1S/C12H21N3OS/c1-3-4-12-14-10-9-13-6-5-11(10)15(12)7-8-17(2)16/h13H,3-9H2,1-2H3. The SMILES string of the molecule is CCCc1nc2c(n1CCS(C)=O)CCNC2. The second-order valence-electron chi connectivity index (χ2n) is 4.53. The van der Waals surface area contributed by atoms with E-state index in [-0.39, 0.29) is 0 Å². The van der Waals surface area contributed by atoms with Crippen LogP contribution in [-0.4, -0.2) is 32.3 Å². The van der Waals surface area contributed by atoms with Gasteiger partial charge in [-0.25, -0.2) is 4.98 Å². The monoisotopic (exact) mass is 255 g/mol. The summed E-state index contributed by atoms with van der Waals surface area (Å²) in [4.78, 5) is 4.72. The number of hydrogen-bond donors (Lipinski definition) is 1. The Kier molecular flexibility index (Phi) is 4.34. The van der Waals surface area contributed by atoms with Crippen molar-refractivity contribution in [1.82, 2.24) is 14.9 Å². The quantitative estimate of drug-likeness (QED) is 0.849. The van der Waals surface area contributed by atoms with Crippen LogP contribution in [0.15, 0.2) is 0 Å². The molecule has 0 aromatic carbocycles. The van der Waals surface area contributed by atoms with E-state index in [1.54, 1.807) is 6.26 Å². The van der Waals surface area contributed by atoms with E-state index in [4.69, 9.17) is 4.98 Å². The Bertz CT molecular complexity index is 414. The van der Waals surface area contributed by atoms with E-state index in [2.05, 4.69) is 16.8 Å². The molecule has 1 atom stereocenters. The van der Waals surface area contributed by atoms with Crippen LogP contribution in [0.4, 0.5) is 0 Å². The molecule has 0 bridgehead atoms. The summed E-state index contributed by atoms with van der Waals surface area (Å²) in [5, 5.41) is 3.35. The van der Waals surface area contributed by atoms with E-state index in [1.165, 1.54) is 17.2 Å². The molecular weight excluding hydrogens is 234 g/mol. The maximum absolute atomic E-state index is 11.2. The topological polar surface area (TPSA) is 46.9 Å². The molecule has 1 unspecified atom stereocenters. The highest BCUT2D eigenvalue weighted by atomic mass is 32.2. The van der Waals surface area contributed by atoms with Gasteiger partial charge in [-0.05, 0) is 6.42 Å². The molecule has 96 valence electrons. The van der Waals surface area contributed by atoms with Crippen molar-refractivity contribution in [2.75, 3.05) is 18.6 Å². The Balaban J connectivity index is 2.24. The van der Waals surface area contributed by atoms with Crippen molar-refractivity contribution in [1.29, 1.82) is 0 Å². The summed E-state index contributed by atoms with van der Waals surface area (Å²) in [6.07, 6.45) is 4.94. The van der Waals surface area contributed by atoms with E-state index in [1.807, 2.05) is 0 Å². The lowest BCUT2D eigenvalue weighted by Gasteiger charge is -2.15. The predicted molar refractivity (Wildman–Crippen MR) is 70.6 cm³/mol. The smallest absolute Gasteiger partial charge is 0.109 e. The summed E-state index contributed by atoms with van der Waals surface area (Å²) in [7, 11) is -0.727. The third kappa shape index (κ3) is 2.96. The molecule has 17 heavy (non-hydrogen) atoms. The lowest BCUT2D eigenvalue weighted by molar-refractivity contribution is 0.589. The molecule has 0 amide bonds. The zero-order valence-electron chi connectivity index (χ0n) is 10.7. The molecule has 1 aromatic heterocycles. The number of fused-ring (bicyclic) bond motifs is 1. The summed E-state index contributed by atoms with van der Waals surface area (Å²) in [5.41, 5.74) is 2.55. The van der Waals surface area contributed by atoms with Crippen LogP contribution < -0.4 is 5.32 Å². The molecule has 1 aliphatic heterocycles. The van der Waals surface area contributed by atoms with Gasteiger partial charge in [0.05, 0.1) is 5.69 Å². The first-order valence-corrected chi connectivity index (χ1v) is 8.03. The minimum atomic E-state index is -0.727. The molecule has 1 N–H and O–H groups in total. The molecule has 0 aliphatic carbocycles. The molecule has 5 heteroatoms. The number of aryl methyl sites for hydroxylation is 1. The average molecular weight is 255 g/mol. The molecule has 0 spiro atoms. The largest absolute Gasteiger partial charge is 0.331 e. The molecule has 0 radical (unpaired) electrons. The van der Waals surface area contributed by atoms with Crippen molar-refractivity contribution in [2.45, 2.75) is 39.3 Å². The van der Waals surface area contributed by atoms with E-state index in [9.17, 15) is 4.21 Å². The van der Waals surface area contributed by atoms with Gasteiger partial charge in [0.2, 0.25) is 0 Å². The first-order chi connectivity index (χ1) is 8.22. The van der Waals surface area contributed by atoms with Crippen molar-refractivity contribution in [3.8, 4) is 0 Å². The summed E-state index contributed by atoms with van der Waals surface area (Å²) in [6, 6.07) is 0. The number of rotatable bonds is 5. The van der Waals surface area contributed by atoms with Gasteiger partial charge in [0.25, 0.3) is 0 Å². The van der Waals surface area contributed by atoms with Crippen LogP contribution in [0.25, 0.3) is 0 Å². The van der Waals surface area contributed by atoms with Crippen LogP contribution in [0.3, 0.4) is 0 Å². The second-order valence-corrected chi connectivity index (χ2v) is 6.08. The Hall–Kier alpha value is -0.680. The van der Waals surface area contributed by atoms with Gasteiger partial charge in [-0.2, -0.15) is 0 Å². The number of aromatic nitrogens is 2. The molecule has 2 rings (SSSR count). The third-order valence-corrected chi connectivity index (χ3v) is 3.90. The average Bonchev–Trinajstić information content (AvgIpc) is 2.64. The molecular formula is C12H21N3OS. The fraction of sp³-hybridized carbons (Fsp3) is 0.750. The van der Waals surface area contributed by atoms with E-state index in [0.717, 1.165) is 44.6 Å². The van der Waals surface area contributed by atoms with Crippen molar-refractivity contribution in [2.24, 2.45) is 0 Å². The highest BCUT2D eigenvalue weighted by molar-refractivity contribution is 7.84. The number of nitrogens with zero attached hydrogens (tertiary/aromatic N) is 2. The number of hydrogen-bond acceptors (Lipinski definition) is 3.